The monoisotopic (exact) mass is 311 g/mol. The van der Waals surface area contributed by atoms with Crippen molar-refractivity contribution in [2.45, 2.75) is 45.6 Å². The molecular formula is C16H19Cl2NO. The van der Waals surface area contributed by atoms with E-state index in [1.54, 1.807) is 18.2 Å². The third-order valence-electron chi connectivity index (χ3n) is 5.18. The Labute approximate surface area is 129 Å². The van der Waals surface area contributed by atoms with Gasteiger partial charge in [0.2, 0.25) is 0 Å². The summed E-state index contributed by atoms with van der Waals surface area (Å²) in [6.07, 6.45) is 3.28. The molecule has 108 valence electrons. The fraction of sp³-hybridized carbons (Fsp3) is 0.562. The van der Waals surface area contributed by atoms with E-state index in [2.05, 4.69) is 26.1 Å². The summed E-state index contributed by atoms with van der Waals surface area (Å²) < 4.78 is 0. The lowest BCUT2D eigenvalue weighted by Crippen LogP contribution is -2.77. The van der Waals surface area contributed by atoms with Crippen molar-refractivity contribution in [1.29, 1.82) is 0 Å². The number of amides is 1. The van der Waals surface area contributed by atoms with E-state index in [1.807, 2.05) is 0 Å². The molecule has 0 unspecified atom stereocenters. The van der Waals surface area contributed by atoms with Crippen LogP contribution >= 0.6 is 23.2 Å². The normalized spacial score (nSPS) is 31.2. The van der Waals surface area contributed by atoms with Crippen molar-refractivity contribution in [2.24, 2.45) is 10.8 Å². The van der Waals surface area contributed by atoms with E-state index < -0.39 is 0 Å². The van der Waals surface area contributed by atoms with Gasteiger partial charge < -0.3 is 5.32 Å². The van der Waals surface area contributed by atoms with Crippen LogP contribution in [-0.4, -0.2) is 11.4 Å². The van der Waals surface area contributed by atoms with Gasteiger partial charge in [-0.2, -0.15) is 0 Å². The Hall–Kier alpha value is -0.730. The van der Waals surface area contributed by atoms with Crippen LogP contribution in [0.15, 0.2) is 18.2 Å². The molecule has 0 spiro atoms. The predicted octanol–water partition coefficient (Wildman–Crippen LogP) is 4.69. The molecule has 4 heteroatoms. The molecule has 0 atom stereocenters. The standard InChI is InChI=1S/C16H19Cl2NO/c1-14(2,3)15-7-16(8-15,9-15)19-13(20)10-4-5-11(17)12(18)6-10/h4-6H,7-9H2,1-3H3,(H,19,20). The minimum absolute atomic E-state index is 0.0243. The van der Waals surface area contributed by atoms with E-state index in [1.165, 1.54) is 0 Å². The molecule has 2 nitrogen and oxygen atoms in total. The van der Waals surface area contributed by atoms with E-state index in [4.69, 9.17) is 23.2 Å². The van der Waals surface area contributed by atoms with Gasteiger partial charge in [0, 0.05) is 11.1 Å². The fourth-order valence-corrected chi connectivity index (χ4v) is 3.96. The topological polar surface area (TPSA) is 29.1 Å². The van der Waals surface area contributed by atoms with Crippen molar-refractivity contribution in [3.05, 3.63) is 33.8 Å². The third kappa shape index (κ3) is 1.96. The van der Waals surface area contributed by atoms with E-state index in [-0.39, 0.29) is 11.4 Å². The lowest BCUT2D eigenvalue weighted by molar-refractivity contribution is -0.211. The van der Waals surface area contributed by atoms with Crippen LogP contribution in [0.1, 0.15) is 50.4 Å². The molecule has 3 aliphatic carbocycles. The Morgan fingerprint density at radius 3 is 2.25 bits per heavy atom. The molecule has 0 aromatic heterocycles. The zero-order valence-corrected chi connectivity index (χ0v) is 13.5. The maximum atomic E-state index is 12.3. The van der Waals surface area contributed by atoms with Crippen molar-refractivity contribution in [2.75, 3.05) is 0 Å². The van der Waals surface area contributed by atoms with Gasteiger partial charge >= 0.3 is 0 Å². The molecule has 2 bridgehead atoms. The SMILES string of the molecule is CC(C)(C)C12CC(NC(=O)c3ccc(Cl)c(Cl)c3)(C1)C2. The van der Waals surface area contributed by atoms with E-state index in [0.717, 1.165) is 19.3 Å². The quantitative estimate of drug-likeness (QED) is 0.843. The maximum absolute atomic E-state index is 12.3. The number of benzene rings is 1. The number of halogens is 2. The second-order valence-corrected chi connectivity index (χ2v) is 8.24. The number of carbonyl (C=O) groups excluding carboxylic acids is 1. The average Bonchev–Trinajstić information content (AvgIpc) is 2.23. The smallest absolute Gasteiger partial charge is 0.251 e. The molecule has 0 radical (unpaired) electrons. The van der Waals surface area contributed by atoms with Gasteiger partial charge in [-0.15, -0.1) is 0 Å². The first-order valence-corrected chi connectivity index (χ1v) is 7.70. The molecule has 0 heterocycles. The molecule has 1 aromatic carbocycles. The Kier molecular flexibility index (Phi) is 2.94. The molecule has 3 fully saturated rings. The Balaban J connectivity index is 1.67. The molecule has 20 heavy (non-hydrogen) atoms. The number of carbonyl (C=O) groups is 1. The Morgan fingerprint density at radius 2 is 1.75 bits per heavy atom. The van der Waals surface area contributed by atoms with Crippen molar-refractivity contribution < 1.29 is 4.79 Å². The van der Waals surface area contributed by atoms with Crippen LogP contribution in [0, 0.1) is 10.8 Å². The number of hydrogen-bond donors (Lipinski definition) is 1. The van der Waals surface area contributed by atoms with Crippen LogP contribution in [-0.2, 0) is 0 Å². The first-order chi connectivity index (χ1) is 9.16. The van der Waals surface area contributed by atoms with Gasteiger partial charge in [-0.3, -0.25) is 4.79 Å². The summed E-state index contributed by atoms with van der Waals surface area (Å²) in [6, 6.07) is 5.01. The first-order valence-electron chi connectivity index (χ1n) is 6.94. The van der Waals surface area contributed by atoms with Gasteiger partial charge in [0.15, 0.2) is 0 Å². The zero-order chi connectivity index (χ0) is 14.8. The minimum atomic E-state index is -0.0502. The highest BCUT2D eigenvalue weighted by Crippen LogP contribution is 2.74. The first kappa shape index (κ1) is 14.2. The summed E-state index contributed by atoms with van der Waals surface area (Å²) in [5.41, 5.74) is 1.35. The number of hydrogen-bond acceptors (Lipinski definition) is 1. The Morgan fingerprint density at radius 1 is 1.15 bits per heavy atom. The summed E-state index contributed by atoms with van der Waals surface area (Å²) in [7, 11) is 0. The highest BCUT2D eigenvalue weighted by molar-refractivity contribution is 6.42. The van der Waals surface area contributed by atoms with Crippen LogP contribution in [0.3, 0.4) is 0 Å². The maximum Gasteiger partial charge on any atom is 0.251 e. The fourth-order valence-electron chi connectivity index (χ4n) is 3.67. The lowest BCUT2D eigenvalue weighted by Gasteiger charge is -2.75. The lowest BCUT2D eigenvalue weighted by atomic mass is 9.33. The molecule has 0 aliphatic heterocycles. The third-order valence-corrected chi connectivity index (χ3v) is 5.92. The second kappa shape index (κ2) is 4.14. The number of rotatable bonds is 2. The van der Waals surface area contributed by atoms with Gasteiger partial charge in [0.1, 0.15) is 0 Å². The summed E-state index contributed by atoms with van der Waals surface area (Å²) in [6.45, 7) is 6.87. The molecular weight excluding hydrogens is 293 g/mol. The molecule has 1 amide bonds. The summed E-state index contributed by atoms with van der Waals surface area (Å²) in [5, 5.41) is 4.07. The van der Waals surface area contributed by atoms with Gasteiger partial charge in [0.25, 0.3) is 5.91 Å². The van der Waals surface area contributed by atoms with E-state index in [9.17, 15) is 4.79 Å². The van der Waals surface area contributed by atoms with Gasteiger partial charge in [-0.05, 0) is 48.3 Å². The molecule has 1 N–H and O–H groups in total. The van der Waals surface area contributed by atoms with Crippen LogP contribution in [0.4, 0.5) is 0 Å². The predicted molar refractivity (Wildman–Crippen MR) is 82.4 cm³/mol. The molecule has 0 saturated heterocycles. The molecule has 3 aliphatic rings. The van der Waals surface area contributed by atoms with Gasteiger partial charge in [-0.25, -0.2) is 0 Å². The van der Waals surface area contributed by atoms with Crippen molar-refractivity contribution in [3.63, 3.8) is 0 Å². The van der Waals surface area contributed by atoms with E-state index in [0.29, 0.717) is 26.4 Å². The largest absolute Gasteiger partial charge is 0.347 e. The summed E-state index contributed by atoms with van der Waals surface area (Å²) in [4.78, 5) is 12.3. The number of nitrogens with one attached hydrogen (secondary N) is 1. The summed E-state index contributed by atoms with van der Waals surface area (Å²) >= 11 is 11.8. The van der Waals surface area contributed by atoms with Crippen molar-refractivity contribution in [1.82, 2.24) is 5.32 Å². The zero-order valence-electron chi connectivity index (χ0n) is 12.0. The summed E-state index contributed by atoms with van der Waals surface area (Å²) in [5.74, 6) is -0.0502. The average molecular weight is 312 g/mol. The van der Waals surface area contributed by atoms with Crippen LogP contribution < -0.4 is 5.32 Å². The van der Waals surface area contributed by atoms with Crippen LogP contribution in [0.2, 0.25) is 10.0 Å². The van der Waals surface area contributed by atoms with Gasteiger partial charge in [0.05, 0.1) is 10.0 Å². The van der Waals surface area contributed by atoms with E-state index >= 15 is 0 Å². The highest BCUT2D eigenvalue weighted by atomic mass is 35.5. The minimum Gasteiger partial charge on any atom is -0.347 e. The molecule has 4 rings (SSSR count). The molecule has 3 saturated carbocycles. The highest BCUT2D eigenvalue weighted by Gasteiger charge is 2.72. The second-order valence-electron chi connectivity index (χ2n) is 7.42. The van der Waals surface area contributed by atoms with Crippen LogP contribution in [0.25, 0.3) is 0 Å². The van der Waals surface area contributed by atoms with Crippen molar-refractivity contribution >= 4 is 29.1 Å². The van der Waals surface area contributed by atoms with Crippen molar-refractivity contribution in [3.8, 4) is 0 Å². The molecule has 1 aromatic rings. The van der Waals surface area contributed by atoms with Gasteiger partial charge in [-0.1, -0.05) is 44.0 Å². The Bertz CT molecular complexity index is 569. The van der Waals surface area contributed by atoms with Crippen LogP contribution in [0.5, 0.6) is 0 Å².